The third-order valence-corrected chi connectivity index (χ3v) is 15.7. The van der Waals surface area contributed by atoms with Crippen molar-refractivity contribution in [1.29, 1.82) is 0 Å². The first-order chi connectivity index (χ1) is 32.2. The Hall–Kier alpha value is -7.36. The van der Waals surface area contributed by atoms with Gasteiger partial charge in [-0.1, -0.05) is 146 Å². The van der Waals surface area contributed by atoms with Crippen molar-refractivity contribution in [2.75, 3.05) is 4.90 Å². The Morgan fingerprint density at radius 1 is 0.446 bits per heavy atom. The summed E-state index contributed by atoms with van der Waals surface area (Å²) < 4.78 is 9.16. The zero-order valence-electron chi connectivity index (χ0n) is 36.3. The minimum absolute atomic E-state index is 0.306. The predicted octanol–water partition coefficient (Wildman–Crippen LogP) is 17.1. The monoisotopic (exact) mass is 836 g/mol. The zero-order chi connectivity index (χ0) is 42.6. The van der Waals surface area contributed by atoms with E-state index in [0.29, 0.717) is 5.41 Å². The smallest absolute Gasteiger partial charge is 0.137 e. The van der Waals surface area contributed by atoms with Crippen LogP contribution < -0.4 is 4.90 Å². The number of rotatable bonds is 7. The number of hydrogen-bond acceptors (Lipinski definition) is 2. The Labute approximate surface area is 379 Å². The van der Waals surface area contributed by atoms with E-state index in [9.17, 15) is 0 Å². The van der Waals surface area contributed by atoms with Crippen LogP contribution >= 0.6 is 0 Å². The molecular weight excluding hydrogens is 789 g/mol. The van der Waals surface area contributed by atoms with Crippen LogP contribution in [0.5, 0.6) is 0 Å². The predicted molar refractivity (Wildman–Crippen MR) is 271 cm³/mol. The summed E-state index contributed by atoms with van der Waals surface area (Å²) in [4.78, 5) is 2.50. The summed E-state index contributed by atoms with van der Waals surface area (Å²) in [6, 6.07) is 74.0. The van der Waals surface area contributed by atoms with E-state index in [1.165, 1.54) is 93.5 Å². The molecule has 4 fully saturated rings. The van der Waals surface area contributed by atoms with Gasteiger partial charge >= 0.3 is 0 Å². The molecule has 4 aliphatic carbocycles. The number of fused-ring (bicyclic) bond motifs is 7. The Morgan fingerprint density at radius 3 is 1.83 bits per heavy atom. The Bertz CT molecular complexity index is 3610. The number of anilines is 3. The fourth-order valence-corrected chi connectivity index (χ4v) is 13.5. The summed E-state index contributed by atoms with van der Waals surface area (Å²) in [5, 5.41) is 7.25. The van der Waals surface area contributed by atoms with Crippen molar-refractivity contribution in [3.05, 3.63) is 206 Å². The molecule has 4 aliphatic rings. The van der Waals surface area contributed by atoms with Gasteiger partial charge < -0.3 is 13.9 Å². The molecule has 9 aromatic carbocycles. The third-order valence-electron chi connectivity index (χ3n) is 15.7. The van der Waals surface area contributed by atoms with Crippen LogP contribution in [0, 0.1) is 17.8 Å². The van der Waals surface area contributed by atoms with E-state index in [4.69, 9.17) is 4.42 Å². The fourth-order valence-electron chi connectivity index (χ4n) is 13.5. The third kappa shape index (κ3) is 5.74. The molecule has 0 unspecified atom stereocenters. The van der Waals surface area contributed by atoms with Gasteiger partial charge in [0.05, 0.1) is 27.8 Å². The number of furan rings is 1. The number of nitrogens with zero attached hydrogens (tertiary/aromatic N) is 2. The Morgan fingerprint density at radius 2 is 1.05 bits per heavy atom. The van der Waals surface area contributed by atoms with Crippen molar-refractivity contribution in [3.63, 3.8) is 0 Å². The van der Waals surface area contributed by atoms with E-state index < -0.39 is 0 Å². The van der Waals surface area contributed by atoms with Crippen LogP contribution in [0.4, 0.5) is 17.1 Å². The summed E-state index contributed by atoms with van der Waals surface area (Å²) in [6.07, 6.45) is 8.41. The molecule has 3 nitrogen and oxygen atoms in total. The van der Waals surface area contributed by atoms with Crippen molar-refractivity contribution in [2.45, 2.75) is 43.9 Å². The molecular formula is C62H48N2O. The number of aromatic nitrogens is 1. The molecule has 4 bridgehead atoms. The molecule has 65 heavy (non-hydrogen) atoms. The minimum Gasteiger partial charge on any atom is -0.456 e. The topological polar surface area (TPSA) is 21.3 Å². The summed E-state index contributed by atoms with van der Waals surface area (Å²) >= 11 is 0. The molecule has 4 saturated carbocycles. The van der Waals surface area contributed by atoms with Gasteiger partial charge in [0.1, 0.15) is 11.2 Å². The molecule has 3 heteroatoms. The standard InChI is InChI=1S/C62H48N2O/c1-3-14-43(15-4-1)48-22-11-16-44-17-12-23-52(60(44)48)49-20-7-9-24-54(49)64(55-25-13-27-59-61(55)53-21-8-10-26-58(53)65-59)47-29-31-51-50-30-28-45(62-37-40-32-41(38-62)34-42(33-40)39-62)35-56(50)63(57(51)36-47)46-18-5-2-6-19-46/h1-31,35-36,40-42H,32-34,37-39H2. The minimum atomic E-state index is 0.306. The van der Waals surface area contributed by atoms with E-state index in [1.807, 2.05) is 0 Å². The average molecular weight is 837 g/mol. The maximum Gasteiger partial charge on any atom is 0.137 e. The molecule has 0 atom stereocenters. The van der Waals surface area contributed by atoms with Gasteiger partial charge in [0.15, 0.2) is 0 Å². The quantitative estimate of drug-likeness (QED) is 0.159. The van der Waals surface area contributed by atoms with Crippen LogP contribution in [-0.2, 0) is 5.41 Å². The highest BCUT2D eigenvalue weighted by Gasteiger charge is 2.51. The second kappa shape index (κ2) is 14.3. The molecule has 0 N–H and O–H groups in total. The van der Waals surface area contributed by atoms with E-state index >= 15 is 0 Å². The van der Waals surface area contributed by atoms with Crippen LogP contribution in [0.15, 0.2) is 205 Å². The van der Waals surface area contributed by atoms with Crippen molar-refractivity contribution in [1.82, 2.24) is 4.57 Å². The van der Waals surface area contributed by atoms with Crippen molar-refractivity contribution in [2.24, 2.45) is 17.8 Å². The highest BCUT2D eigenvalue weighted by atomic mass is 16.3. The SMILES string of the molecule is c1ccc(-c2cccc3cccc(-c4ccccc4N(c4ccc5c6ccc(C78CC9CC(CC(C9)C7)C8)cc6n(-c6ccccc6)c5c4)c4cccc5oc6ccccc6c45)c23)cc1. The van der Waals surface area contributed by atoms with Gasteiger partial charge in [-0.15, -0.1) is 0 Å². The average Bonchev–Trinajstić information content (AvgIpc) is 3.90. The second-order valence-corrected chi connectivity index (χ2v) is 19.5. The Kier molecular flexibility index (Phi) is 8.17. The first kappa shape index (κ1) is 37.1. The van der Waals surface area contributed by atoms with Gasteiger partial charge in [0.2, 0.25) is 0 Å². The molecule has 0 saturated heterocycles. The van der Waals surface area contributed by atoms with E-state index in [-0.39, 0.29) is 0 Å². The van der Waals surface area contributed by atoms with Crippen molar-refractivity contribution in [3.8, 4) is 27.9 Å². The highest BCUT2D eigenvalue weighted by molar-refractivity contribution is 6.16. The fraction of sp³-hybridized carbons (Fsp3) is 0.161. The normalized spacial score (nSPS) is 20.2. The summed E-state index contributed by atoms with van der Waals surface area (Å²) in [5.74, 6) is 2.68. The van der Waals surface area contributed by atoms with E-state index in [0.717, 1.165) is 62.3 Å². The second-order valence-electron chi connectivity index (χ2n) is 19.5. The first-order valence-corrected chi connectivity index (χ1v) is 23.7. The molecule has 0 spiro atoms. The van der Waals surface area contributed by atoms with Crippen molar-refractivity contribution < 1.29 is 4.42 Å². The van der Waals surface area contributed by atoms with Gasteiger partial charge in [0.25, 0.3) is 0 Å². The first-order valence-electron chi connectivity index (χ1n) is 23.7. The van der Waals surface area contributed by atoms with Crippen LogP contribution in [0.3, 0.4) is 0 Å². The highest BCUT2D eigenvalue weighted by Crippen LogP contribution is 2.61. The zero-order valence-corrected chi connectivity index (χ0v) is 36.3. The van der Waals surface area contributed by atoms with Gasteiger partial charge in [-0.05, 0) is 149 Å². The van der Waals surface area contributed by atoms with Crippen molar-refractivity contribution >= 4 is 71.6 Å². The van der Waals surface area contributed by atoms with Gasteiger partial charge in [-0.2, -0.15) is 0 Å². The lowest BCUT2D eigenvalue weighted by atomic mass is 9.48. The number of para-hydroxylation sites is 3. The Balaban J connectivity index is 1.04. The summed E-state index contributed by atoms with van der Waals surface area (Å²) in [6.45, 7) is 0. The van der Waals surface area contributed by atoms with Crippen LogP contribution in [-0.4, -0.2) is 4.57 Å². The summed E-state index contributed by atoms with van der Waals surface area (Å²) in [5.41, 5.74) is 15.4. The van der Waals surface area contributed by atoms with E-state index in [1.54, 1.807) is 5.56 Å². The molecule has 2 aromatic heterocycles. The van der Waals surface area contributed by atoms with Crippen LogP contribution in [0.2, 0.25) is 0 Å². The lowest BCUT2D eigenvalue weighted by Gasteiger charge is -2.57. The maximum atomic E-state index is 6.61. The molecule has 0 amide bonds. The molecule has 0 radical (unpaired) electrons. The largest absolute Gasteiger partial charge is 0.456 e. The molecule has 312 valence electrons. The van der Waals surface area contributed by atoms with Gasteiger partial charge in [-0.3, -0.25) is 0 Å². The van der Waals surface area contributed by atoms with Gasteiger partial charge in [0, 0.05) is 33.1 Å². The molecule has 2 heterocycles. The maximum absolute atomic E-state index is 6.61. The lowest BCUT2D eigenvalue weighted by molar-refractivity contribution is -0.00513. The summed E-state index contributed by atoms with van der Waals surface area (Å²) in [7, 11) is 0. The van der Waals surface area contributed by atoms with Gasteiger partial charge in [-0.25, -0.2) is 0 Å². The van der Waals surface area contributed by atoms with Crippen LogP contribution in [0.25, 0.3) is 82.5 Å². The van der Waals surface area contributed by atoms with Crippen LogP contribution in [0.1, 0.15) is 44.1 Å². The van der Waals surface area contributed by atoms with E-state index in [2.05, 4.69) is 210 Å². The molecule has 11 aromatic rings. The molecule has 15 rings (SSSR count). The molecule has 0 aliphatic heterocycles. The number of hydrogen-bond donors (Lipinski definition) is 0. The number of benzene rings is 9. The lowest BCUT2D eigenvalue weighted by Crippen LogP contribution is -2.48.